The van der Waals surface area contributed by atoms with Crippen LogP contribution in [0, 0.1) is 5.82 Å². The molecule has 0 unspecified atom stereocenters. The first-order valence-electron chi connectivity index (χ1n) is 10.7. The van der Waals surface area contributed by atoms with Gasteiger partial charge in [0.2, 0.25) is 0 Å². The number of hydrogen-bond acceptors (Lipinski definition) is 4. The number of rotatable bonds is 8. The zero-order valence-electron chi connectivity index (χ0n) is 19.0. The fraction of sp³-hybridized carbons (Fsp3) is 0.192. The second kappa shape index (κ2) is 9.69. The molecule has 0 spiro atoms. The van der Waals surface area contributed by atoms with E-state index in [0.29, 0.717) is 22.7 Å². The van der Waals surface area contributed by atoms with Gasteiger partial charge in [0, 0.05) is 5.39 Å². The van der Waals surface area contributed by atoms with Gasteiger partial charge in [-0.3, -0.25) is 0 Å². The highest BCUT2D eigenvalue weighted by Crippen LogP contribution is 2.32. The Labute approximate surface area is 199 Å². The second-order valence-corrected chi connectivity index (χ2v) is 7.98. The zero-order valence-corrected chi connectivity index (χ0v) is 19.0. The molecule has 0 aliphatic heterocycles. The van der Waals surface area contributed by atoms with E-state index in [9.17, 15) is 17.6 Å². The summed E-state index contributed by atoms with van der Waals surface area (Å²) in [4.78, 5) is 0. The highest BCUT2D eigenvalue weighted by Gasteiger charge is 2.35. The highest BCUT2D eigenvalue weighted by molar-refractivity contribution is 5.81. The molecule has 35 heavy (non-hydrogen) atoms. The van der Waals surface area contributed by atoms with Crippen LogP contribution < -0.4 is 14.8 Å². The van der Waals surface area contributed by atoms with Gasteiger partial charge in [-0.2, -0.15) is 18.3 Å². The highest BCUT2D eigenvalue weighted by atomic mass is 19.4. The third-order valence-electron chi connectivity index (χ3n) is 5.49. The van der Waals surface area contributed by atoms with Crippen LogP contribution in [0.15, 0.2) is 85.2 Å². The lowest BCUT2D eigenvalue weighted by atomic mass is 10.0. The van der Waals surface area contributed by atoms with Crippen molar-refractivity contribution in [1.82, 2.24) is 15.1 Å². The Morgan fingerprint density at radius 1 is 1.03 bits per heavy atom. The van der Waals surface area contributed by atoms with Crippen LogP contribution in [0.2, 0.25) is 0 Å². The molecule has 0 saturated heterocycles. The quantitative estimate of drug-likeness (QED) is 0.296. The minimum atomic E-state index is -4.58. The van der Waals surface area contributed by atoms with Crippen LogP contribution in [0.25, 0.3) is 16.6 Å². The van der Waals surface area contributed by atoms with Crippen LogP contribution in [0.3, 0.4) is 0 Å². The molecule has 2 atom stereocenters. The summed E-state index contributed by atoms with van der Waals surface area (Å²) in [5, 5.41) is 7.53. The van der Waals surface area contributed by atoms with Gasteiger partial charge >= 0.3 is 6.18 Å². The molecule has 0 radical (unpaired) electrons. The maximum Gasteiger partial charge on any atom is 0.430 e. The van der Waals surface area contributed by atoms with E-state index in [0.717, 1.165) is 10.9 Å². The van der Waals surface area contributed by atoms with E-state index >= 15 is 0 Å². The van der Waals surface area contributed by atoms with Gasteiger partial charge in [-0.05, 0) is 67.1 Å². The maximum absolute atomic E-state index is 13.3. The molecular formula is C26H23F4N3O2. The van der Waals surface area contributed by atoms with Crippen LogP contribution in [-0.2, 0) is 0 Å². The van der Waals surface area contributed by atoms with Crippen LogP contribution in [-0.4, -0.2) is 29.1 Å². The number of allylic oxidation sites excluding steroid dienone is 1. The molecule has 1 N–H and O–H groups in total. The van der Waals surface area contributed by atoms with Gasteiger partial charge in [0.15, 0.2) is 0 Å². The van der Waals surface area contributed by atoms with Crippen molar-refractivity contribution >= 4 is 10.9 Å². The Bertz CT molecular complexity index is 1330. The van der Waals surface area contributed by atoms with Crippen LogP contribution in [0.5, 0.6) is 11.5 Å². The lowest BCUT2D eigenvalue weighted by Gasteiger charge is -2.28. The largest absolute Gasteiger partial charge is 0.497 e. The minimum Gasteiger partial charge on any atom is -0.497 e. The summed E-state index contributed by atoms with van der Waals surface area (Å²) in [5.41, 5.74) is 1.02. The molecule has 1 heterocycles. The predicted molar refractivity (Wildman–Crippen MR) is 125 cm³/mol. The van der Waals surface area contributed by atoms with Crippen molar-refractivity contribution in [3.63, 3.8) is 0 Å². The first-order chi connectivity index (χ1) is 16.7. The van der Waals surface area contributed by atoms with Crippen LogP contribution in [0.1, 0.15) is 18.6 Å². The Morgan fingerprint density at radius 2 is 1.77 bits per heavy atom. The van der Waals surface area contributed by atoms with Crippen molar-refractivity contribution in [1.29, 1.82) is 0 Å². The van der Waals surface area contributed by atoms with Crippen LogP contribution in [0.4, 0.5) is 17.6 Å². The molecule has 1 aromatic heterocycles. The van der Waals surface area contributed by atoms with Crippen molar-refractivity contribution in [2.45, 2.75) is 25.2 Å². The van der Waals surface area contributed by atoms with E-state index in [-0.39, 0.29) is 5.82 Å². The van der Waals surface area contributed by atoms with Gasteiger partial charge in [0.25, 0.3) is 0 Å². The Balaban J connectivity index is 1.65. The van der Waals surface area contributed by atoms with E-state index in [1.807, 2.05) is 0 Å². The normalized spacial score (nSPS) is 13.3. The third-order valence-corrected chi connectivity index (χ3v) is 5.49. The SMILES string of the molecule is C=C(N[C@@H](C)[C@H](Oc1ccc2c(cnn2-c2ccc(F)cc2)c1)c1cccc(OC)c1)C(F)(F)F. The third kappa shape index (κ3) is 5.40. The van der Waals surface area contributed by atoms with Crippen molar-refractivity contribution in [2.24, 2.45) is 0 Å². The summed E-state index contributed by atoms with van der Waals surface area (Å²) < 4.78 is 65.7. The monoisotopic (exact) mass is 485 g/mol. The molecule has 0 fully saturated rings. The predicted octanol–water partition coefficient (Wildman–Crippen LogP) is 6.35. The first kappa shape index (κ1) is 24.1. The number of fused-ring (bicyclic) bond motifs is 1. The molecule has 4 rings (SSSR count). The minimum absolute atomic E-state index is 0.347. The molecular weight excluding hydrogens is 462 g/mol. The van der Waals surface area contributed by atoms with Crippen molar-refractivity contribution in [3.05, 3.63) is 96.6 Å². The van der Waals surface area contributed by atoms with Crippen molar-refractivity contribution in [2.75, 3.05) is 7.11 Å². The number of halogens is 4. The van der Waals surface area contributed by atoms with Crippen molar-refractivity contribution < 1.29 is 27.0 Å². The fourth-order valence-electron chi connectivity index (χ4n) is 3.73. The number of hydrogen-bond donors (Lipinski definition) is 1. The number of aromatic nitrogens is 2. The number of ether oxygens (including phenoxy) is 2. The van der Waals surface area contributed by atoms with E-state index in [1.54, 1.807) is 72.4 Å². The smallest absolute Gasteiger partial charge is 0.430 e. The van der Waals surface area contributed by atoms with Gasteiger partial charge in [0.1, 0.15) is 29.1 Å². The fourth-order valence-corrected chi connectivity index (χ4v) is 3.73. The number of methoxy groups -OCH3 is 1. The molecule has 0 aliphatic carbocycles. The summed E-state index contributed by atoms with van der Waals surface area (Å²) in [6.45, 7) is 4.70. The average molecular weight is 485 g/mol. The van der Waals surface area contributed by atoms with E-state index < -0.39 is 24.0 Å². The molecule has 0 saturated carbocycles. The molecule has 9 heteroatoms. The average Bonchev–Trinajstić information content (AvgIpc) is 3.25. The number of nitrogens with one attached hydrogen (secondary N) is 1. The van der Waals surface area contributed by atoms with Crippen molar-refractivity contribution in [3.8, 4) is 17.2 Å². The second-order valence-electron chi connectivity index (χ2n) is 7.98. The molecule has 0 amide bonds. The molecule has 4 aromatic rings. The van der Waals surface area contributed by atoms with Gasteiger partial charge in [0.05, 0.1) is 30.6 Å². The van der Waals surface area contributed by atoms with Gasteiger partial charge < -0.3 is 14.8 Å². The lowest BCUT2D eigenvalue weighted by molar-refractivity contribution is -0.0981. The first-order valence-corrected chi connectivity index (χ1v) is 10.7. The molecule has 182 valence electrons. The van der Waals surface area contributed by atoms with E-state index in [4.69, 9.17) is 9.47 Å². The molecule has 5 nitrogen and oxygen atoms in total. The topological polar surface area (TPSA) is 48.3 Å². The number of nitrogens with zero attached hydrogens (tertiary/aromatic N) is 2. The van der Waals surface area contributed by atoms with Gasteiger partial charge in [-0.15, -0.1) is 0 Å². The van der Waals surface area contributed by atoms with Gasteiger partial charge in [-0.25, -0.2) is 9.07 Å². The summed E-state index contributed by atoms with van der Waals surface area (Å²) in [6, 6.07) is 17.3. The van der Waals surface area contributed by atoms with Crippen LogP contribution >= 0.6 is 0 Å². The molecule has 3 aromatic carbocycles. The molecule has 0 bridgehead atoms. The number of alkyl halides is 3. The lowest BCUT2D eigenvalue weighted by Crippen LogP contribution is -2.38. The van der Waals surface area contributed by atoms with E-state index in [2.05, 4.69) is 17.0 Å². The molecule has 0 aliphatic rings. The van der Waals surface area contributed by atoms with Gasteiger partial charge in [-0.1, -0.05) is 18.7 Å². The standard InChI is InChI=1S/C26H23F4N3O2/c1-16(32-17(2)26(28,29)30)25(18-5-4-6-22(13-18)34-3)35-23-11-12-24-19(14-23)15-31-33(24)21-9-7-20(27)8-10-21/h4-16,25,32H,2H2,1,3H3/t16-,25-/m0/s1. The maximum atomic E-state index is 13.3. The zero-order chi connectivity index (χ0) is 25.2. The summed E-state index contributed by atoms with van der Waals surface area (Å²) in [5.74, 6) is 0.643. The Hall–Kier alpha value is -4.01. The van der Waals surface area contributed by atoms with E-state index in [1.165, 1.54) is 19.2 Å². The summed E-state index contributed by atoms with van der Waals surface area (Å²) in [7, 11) is 1.51. The summed E-state index contributed by atoms with van der Waals surface area (Å²) in [6.07, 6.45) is -3.74. The number of benzene rings is 3. The summed E-state index contributed by atoms with van der Waals surface area (Å²) >= 11 is 0. The Morgan fingerprint density at radius 3 is 2.46 bits per heavy atom. The Kier molecular flexibility index (Phi) is 6.68.